The fourth-order valence-corrected chi connectivity index (χ4v) is 1.18. The van der Waals surface area contributed by atoms with Gasteiger partial charge in [-0.1, -0.05) is 12.1 Å². The van der Waals surface area contributed by atoms with Crippen molar-refractivity contribution in [3.05, 3.63) is 30.3 Å². The molecule has 0 unspecified atom stereocenters. The van der Waals surface area contributed by atoms with Crippen LogP contribution in [0.3, 0.4) is 0 Å². The van der Waals surface area contributed by atoms with Gasteiger partial charge in [0.2, 0.25) is 0 Å². The third kappa shape index (κ3) is 1.52. The number of benzene rings is 1. The highest BCUT2D eigenvalue weighted by Crippen LogP contribution is 2.24. The van der Waals surface area contributed by atoms with Gasteiger partial charge in [-0.25, -0.2) is 4.98 Å². The minimum Gasteiger partial charge on any atom is -0.507 e. The first-order valence-corrected chi connectivity index (χ1v) is 3.61. The third-order valence-corrected chi connectivity index (χ3v) is 1.71. The predicted octanol–water partition coefficient (Wildman–Crippen LogP) is 0.698. The molecule has 0 bridgehead atoms. The minimum absolute atomic E-state index is 0. The highest BCUT2D eigenvalue weighted by molar-refractivity contribution is 5.86. The Balaban J connectivity index is 0.000000845. The Morgan fingerprint density at radius 1 is 1.23 bits per heavy atom. The van der Waals surface area contributed by atoms with E-state index >= 15 is 0 Å². The zero-order valence-electron chi connectivity index (χ0n) is 6.86. The van der Waals surface area contributed by atoms with Crippen molar-refractivity contribution >= 4 is 16.7 Å². The molecule has 2 aromatic rings. The highest BCUT2D eigenvalue weighted by atomic mass is 16.3. The lowest BCUT2D eigenvalue weighted by Gasteiger charge is -2.00. The first-order chi connectivity index (χ1) is 5.77. The number of aromatic hydroxyl groups is 1. The summed E-state index contributed by atoms with van der Waals surface area (Å²) < 4.78 is 0. The van der Waals surface area contributed by atoms with Crippen LogP contribution in [0.5, 0.6) is 5.75 Å². The molecule has 1 aromatic carbocycles. The van der Waals surface area contributed by atoms with Crippen molar-refractivity contribution in [3.63, 3.8) is 0 Å². The number of nitrogens with two attached hydrogens (primary N) is 1. The van der Waals surface area contributed by atoms with E-state index in [-0.39, 0.29) is 11.2 Å². The maximum atomic E-state index is 9.43. The van der Waals surface area contributed by atoms with Crippen LogP contribution < -0.4 is 5.73 Å². The SMILES string of the molecule is Nc1cc(O)c2ccccc2n1.O. The topological polar surface area (TPSA) is 90.6 Å². The van der Waals surface area contributed by atoms with E-state index in [1.54, 1.807) is 6.07 Å². The summed E-state index contributed by atoms with van der Waals surface area (Å²) in [5, 5.41) is 10.2. The summed E-state index contributed by atoms with van der Waals surface area (Å²) in [4.78, 5) is 4.05. The number of pyridine rings is 1. The number of hydrogen-bond donors (Lipinski definition) is 2. The van der Waals surface area contributed by atoms with Crippen LogP contribution in [0.25, 0.3) is 10.9 Å². The second kappa shape index (κ2) is 3.28. The zero-order chi connectivity index (χ0) is 8.55. The zero-order valence-corrected chi connectivity index (χ0v) is 6.86. The normalized spacial score (nSPS) is 9.54. The molecule has 2 rings (SSSR count). The Morgan fingerprint density at radius 2 is 1.92 bits per heavy atom. The van der Waals surface area contributed by atoms with Gasteiger partial charge >= 0.3 is 0 Å². The number of nitrogens with zero attached hydrogens (tertiary/aromatic N) is 1. The number of anilines is 1. The van der Waals surface area contributed by atoms with Crippen LogP contribution in [-0.4, -0.2) is 15.6 Å². The molecule has 4 heteroatoms. The molecule has 5 N–H and O–H groups in total. The van der Waals surface area contributed by atoms with E-state index in [1.807, 2.05) is 18.2 Å². The van der Waals surface area contributed by atoms with Crippen LogP contribution in [0, 0.1) is 0 Å². The van der Waals surface area contributed by atoms with Gasteiger partial charge < -0.3 is 16.3 Å². The average Bonchev–Trinajstić information content (AvgIpc) is 2.04. The quantitative estimate of drug-likeness (QED) is 0.622. The Bertz CT molecular complexity index is 429. The van der Waals surface area contributed by atoms with Crippen molar-refractivity contribution in [2.24, 2.45) is 0 Å². The lowest BCUT2D eigenvalue weighted by Crippen LogP contribution is -1.89. The molecule has 4 nitrogen and oxygen atoms in total. The molecule has 13 heavy (non-hydrogen) atoms. The van der Waals surface area contributed by atoms with E-state index in [9.17, 15) is 5.11 Å². The Hall–Kier alpha value is -1.81. The van der Waals surface area contributed by atoms with Crippen molar-refractivity contribution in [1.82, 2.24) is 4.98 Å². The Labute approximate surface area is 74.9 Å². The van der Waals surface area contributed by atoms with E-state index in [0.29, 0.717) is 5.82 Å². The molecule has 0 fully saturated rings. The van der Waals surface area contributed by atoms with Crippen LogP contribution in [0.1, 0.15) is 0 Å². The van der Waals surface area contributed by atoms with Gasteiger partial charge in [0.05, 0.1) is 5.52 Å². The molecule has 0 amide bonds. The monoisotopic (exact) mass is 178 g/mol. The summed E-state index contributed by atoms with van der Waals surface area (Å²) >= 11 is 0. The summed E-state index contributed by atoms with van der Waals surface area (Å²) in [6.45, 7) is 0. The van der Waals surface area contributed by atoms with Crippen molar-refractivity contribution in [2.45, 2.75) is 0 Å². The van der Waals surface area contributed by atoms with Gasteiger partial charge in [0.25, 0.3) is 0 Å². The predicted molar refractivity (Wildman–Crippen MR) is 51.4 cm³/mol. The smallest absolute Gasteiger partial charge is 0.128 e. The highest BCUT2D eigenvalue weighted by Gasteiger charge is 2.00. The summed E-state index contributed by atoms with van der Waals surface area (Å²) in [6.07, 6.45) is 0. The van der Waals surface area contributed by atoms with E-state index < -0.39 is 0 Å². The van der Waals surface area contributed by atoms with Gasteiger partial charge in [-0.15, -0.1) is 0 Å². The van der Waals surface area contributed by atoms with E-state index in [4.69, 9.17) is 5.73 Å². The lowest BCUT2D eigenvalue weighted by molar-refractivity contribution is 0.481. The van der Waals surface area contributed by atoms with Gasteiger partial charge in [-0.05, 0) is 12.1 Å². The fraction of sp³-hybridized carbons (Fsp3) is 0. The average molecular weight is 178 g/mol. The molecule has 68 valence electrons. The summed E-state index contributed by atoms with van der Waals surface area (Å²) in [5.74, 6) is 0.518. The standard InChI is InChI=1S/C9H8N2O.H2O/c10-9-5-8(12)6-3-1-2-4-7(6)11-9;/h1-5H,(H3,10,11,12);1H2. The van der Waals surface area contributed by atoms with Crippen molar-refractivity contribution in [2.75, 3.05) is 5.73 Å². The molecule has 0 saturated carbocycles. The number of hydrogen-bond acceptors (Lipinski definition) is 3. The molecule has 1 aromatic heterocycles. The summed E-state index contributed by atoms with van der Waals surface area (Å²) in [7, 11) is 0. The van der Waals surface area contributed by atoms with Gasteiger partial charge in [0, 0.05) is 11.5 Å². The minimum atomic E-state index is 0. The second-order valence-electron chi connectivity index (χ2n) is 2.58. The largest absolute Gasteiger partial charge is 0.507 e. The van der Waals surface area contributed by atoms with Gasteiger partial charge in [0.15, 0.2) is 0 Å². The molecule has 0 aliphatic carbocycles. The summed E-state index contributed by atoms with van der Waals surface area (Å²) in [5.41, 5.74) is 6.17. The number of fused-ring (bicyclic) bond motifs is 1. The molecular formula is C9H10N2O2. The number of nitrogen functional groups attached to an aromatic ring is 1. The lowest BCUT2D eigenvalue weighted by atomic mass is 10.2. The molecule has 0 spiro atoms. The summed E-state index contributed by atoms with van der Waals surface area (Å²) in [6, 6.07) is 8.76. The molecule has 0 aliphatic heterocycles. The van der Waals surface area contributed by atoms with Crippen LogP contribution in [-0.2, 0) is 0 Å². The van der Waals surface area contributed by atoms with E-state index in [2.05, 4.69) is 4.98 Å². The molecule has 1 heterocycles. The van der Waals surface area contributed by atoms with Crippen molar-refractivity contribution in [1.29, 1.82) is 0 Å². The van der Waals surface area contributed by atoms with E-state index in [0.717, 1.165) is 10.9 Å². The fourth-order valence-electron chi connectivity index (χ4n) is 1.18. The van der Waals surface area contributed by atoms with Crippen molar-refractivity contribution in [3.8, 4) is 5.75 Å². The molecule has 0 atom stereocenters. The third-order valence-electron chi connectivity index (χ3n) is 1.71. The Morgan fingerprint density at radius 3 is 2.69 bits per heavy atom. The molecular weight excluding hydrogens is 168 g/mol. The van der Waals surface area contributed by atoms with Crippen LogP contribution in [0.4, 0.5) is 5.82 Å². The van der Waals surface area contributed by atoms with Gasteiger partial charge in [0.1, 0.15) is 11.6 Å². The molecule has 0 radical (unpaired) electrons. The molecule has 0 saturated heterocycles. The first kappa shape index (κ1) is 9.28. The second-order valence-corrected chi connectivity index (χ2v) is 2.58. The van der Waals surface area contributed by atoms with Crippen LogP contribution in [0.15, 0.2) is 30.3 Å². The van der Waals surface area contributed by atoms with Gasteiger partial charge in [-0.3, -0.25) is 0 Å². The number of para-hydroxylation sites is 1. The maximum Gasteiger partial charge on any atom is 0.128 e. The maximum absolute atomic E-state index is 9.43. The van der Waals surface area contributed by atoms with Crippen LogP contribution in [0.2, 0.25) is 0 Å². The Kier molecular flexibility index (Phi) is 2.34. The molecule has 0 aliphatic rings. The van der Waals surface area contributed by atoms with Crippen LogP contribution >= 0.6 is 0 Å². The first-order valence-electron chi connectivity index (χ1n) is 3.61. The number of aromatic nitrogens is 1. The number of rotatable bonds is 0. The van der Waals surface area contributed by atoms with E-state index in [1.165, 1.54) is 6.07 Å². The van der Waals surface area contributed by atoms with Crippen molar-refractivity contribution < 1.29 is 10.6 Å². The van der Waals surface area contributed by atoms with Gasteiger partial charge in [-0.2, -0.15) is 0 Å².